The molecule has 0 saturated carbocycles. The van der Waals surface area contributed by atoms with E-state index in [1.54, 1.807) is 11.3 Å². The SMILES string of the molecule is CC(C)C1CSC(Nc2ccc3sccc3c2)=N1. The van der Waals surface area contributed by atoms with Crippen molar-refractivity contribution in [2.24, 2.45) is 10.9 Å². The molecule has 3 rings (SSSR count). The average molecular weight is 276 g/mol. The van der Waals surface area contributed by atoms with Crippen LogP contribution < -0.4 is 5.32 Å². The second kappa shape index (κ2) is 4.94. The lowest BCUT2D eigenvalue weighted by Gasteiger charge is -2.08. The van der Waals surface area contributed by atoms with Crippen molar-refractivity contribution in [3.63, 3.8) is 0 Å². The van der Waals surface area contributed by atoms with E-state index in [-0.39, 0.29) is 0 Å². The molecule has 1 unspecified atom stereocenters. The lowest BCUT2D eigenvalue weighted by molar-refractivity contribution is 0.543. The summed E-state index contributed by atoms with van der Waals surface area (Å²) in [6, 6.07) is 9.11. The average Bonchev–Trinajstić information content (AvgIpc) is 2.96. The maximum absolute atomic E-state index is 4.72. The Hall–Kier alpha value is -1.00. The molecule has 1 aliphatic rings. The van der Waals surface area contributed by atoms with Gasteiger partial charge in [0.15, 0.2) is 5.17 Å². The zero-order valence-corrected chi connectivity index (χ0v) is 12.1. The summed E-state index contributed by atoms with van der Waals surface area (Å²) in [5.74, 6) is 1.72. The Morgan fingerprint density at radius 1 is 1.33 bits per heavy atom. The van der Waals surface area contributed by atoms with Gasteiger partial charge in [-0.1, -0.05) is 25.6 Å². The summed E-state index contributed by atoms with van der Waals surface area (Å²) >= 11 is 3.60. The van der Waals surface area contributed by atoms with Crippen LogP contribution in [0.1, 0.15) is 13.8 Å². The minimum atomic E-state index is 0.461. The van der Waals surface area contributed by atoms with Crippen LogP contribution in [0.15, 0.2) is 34.6 Å². The molecule has 0 saturated heterocycles. The molecule has 1 atom stereocenters. The van der Waals surface area contributed by atoms with Gasteiger partial charge >= 0.3 is 0 Å². The van der Waals surface area contributed by atoms with Crippen molar-refractivity contribution in [1.29, 1.82) is 0 Å². The van der Waals surface area contributed by atoms with E-state index in [0.29, 0.717) is 12.0 Å². The molecule has 1 aromatic carbocycles. The Kier molecular flexibility index (Phi) is 3.31. The predicted octanol–water partition coefficient (Wildman–Crippen LogP) is 4.44. The second-order valence-electron chi connectivity index (χ2n) is 4.85. The first-order chi connectivity index (χ1) is 8.72. The van der Waals surface area contributed by atoms with Crippen LogP contribution in [-0.2, 0) is 0 Å². The highest BCUT2D eigenvalue weighted by molar-refractivity contribution is 8.14. The van der Waals surface area contributed by atoms with Crippen LogP contribution >= 0.6 is 23.1 Å². The topological polar surface area (TPSA) is 24.4 Å². The van der Waals surface area contributed by atoms with Crippen LogP contribution in [0.5, 0.6) is 0 Å². The Morgan fingerprint density at radius 3 is 3.00 bits per heavy atom. The molecule has 1 aromatic heterocycles. The molecular formula is C14H16N2S2. The van der Waals surface area contributed by atoms with Crippen LogP contribution in [0.25, 0.3) is 10.1 Å². The Balaban J connectivity index is 1.78. The number of nitrogens with one attached hydrogen (secondary N) is 1. The molecule has 2 nitrogen and oxygen atoms in total. The maximum Gasteiger partial charge on any atom is 0.161 e. The number of fused-ring (bicyclic) bond motifs is 1. The summed E-state index contributed by atoms with van der Waals surface area (Å²) in [5, 5.41) is 7.91. The van der Waals surface area contributed by atoms with Crippen molar-refractivity contribution in [3.8, 4) is 0 Å². The lowest BCUT2D eigenvalue weighted by atomic mass is 10.1. The summed E-state index contributed by atoms with van der Waals surface area (Å²) in [7, 11) is 0. The Morgan fingerprint density at radius 2 is 2.22 bits per heavy atom. The third-order valence-corrected chi connectivity index (χ3v) is 5.03. The highest BCUT2D eigenvalue weighted by atomic mass is 32.2. The van der Waals surface area contributed by atoms with Crippen molar-refractivity contribution in [3.05, 3.63) is 29.6 Å². The van der Waals surface area contributed by atoms with Gasteiger partial charge in [-0.05, 0) is 40.9 Å². The number of hydrogen-bond donors (Lipinski definition) is 1. The minimum absolute atomic E-state index is 0.461. The normalized spacial score (nSPS) is 19.5. The van der Waals surface area contributed by atoms with Gasteiger partial charge in [0.05, 0.1) is 6.04 Å². The van der Waals surface area contributed by atoms with E-state index < -0.39 is 0 Å². The minimum Gasteiger partial charge on any atom is -0.335 e. The zero-order valence-electron chi connectivity index (χ0n) is 10.5. The van der Waals surface area contributed by atoms with E-state index in [2.05, 4.69) is 48.8 Å². The van der Waals surface area contributed by atoms with E-state index in [1.165, 1.54) is 10.1 Å². The zero-order chi connectivity index (χ0) is 12.5. The number of thioether (sulfide) groups is 1. The van der Waals surface area contributed by atoms with Crippen molar-refractivity contribution < 1.29 is 0 Å². The third kappa shape index (κ3) is 2.40. The molecule has 94 valence electrons. The summed E-state index contributed by atoms with van der Waals surface area (Å²) < 4.78 is 1.33. The van der Waals surface area contributed by atoms with Gasteiger partial charge in [-0.15, -0.1) is 11.3 Å². The molecule has 0 spiro atoms. The number of nitrogens with zero attached hydrogens (tertiary/aromatic N) is 1. The molecule has 0 amide bonds. The first-order valence-corrected chi connectivity index (χ1v) is 8.04. The van der Waals surface area contributed by atoms with Crippen LogP contribution in [0.3, 0.4) is 0 Å². The highest BCUT2D eigenvalue weighted by Crippen LogP contribution is 2.27. The van der Waals surface area contributed by atoms with E-state index in [9.17, 15) is 0 Å². The molecule has 0 radical (unpaired) electrons. The first-order valence-electron chi connectivity index (χ1n) is 6.17. The molecule has 1 aliphatic heterocycles. The quantitative estimate of drug-likeness (QED) is 0.877. The van der Waals surface area contributed by atoms with Gasteiger partial charge in [-0.25, -0.2) is 0 Å². The van der Waals surface area contributed by atoms with Crippen LogP contribution in [0, 0.1) is 5.92 Å². The van der Waals surface area contributed by atoms with Crippen molar-refractivity contribution >= 4 is 44.0 Å². The van der Waals surface area contributed by atoms with Crippen LogP contribution in [0.4, 0.5) is 5.69 Å². The van der Waals surface area contributed by atoms with E-state index in [4.69, 9.17) is 4.99 Å². The van der Waals surface area contributed by atoms with Crippen molar-refractivity contribution in [2.45, 2.75) is 19.9 Å². The fourth-order valence-corrected chi connectivity index (χ4v) is 3.93. The summed E-state index contributed by atoms with van der Waals surface area (Å²) in [6.45, 7) is 4.46. The van der Waals surface area contributed by atoms with Gasteiger partial charge in [0.2, 0.25) is 0 Å². The van der Waals surface area contributed by atoms with Gasteiger partial charge in [0.25, 0.3) is 0 Å². The summed E-state index contributed by atoms with van der Waals surface area (Å²) in [5.41, 5.74) is 1.14. The molecule has 0 aliphatic carbocycles. The standard InChI is InChI=1S/C14H16N2S2/c1-9(2)12-8-18-14(16-12)15-11-3-4-13-10(7-11)5-6-17-13/h3-7,9,12H,8H2,1-2H3,(H,15,16). The van der Waals surface area contributed by atoms with Gasteiger partial charge < -0.3 is 5.32 Å². The van der Waals surface area contributed by atoms with E-state index >= 15 is 0 Å². The molecule has 2 heterocycles. The lowest BCUT2D eigenvalue weighted by Crippen LogP contribution is -2.12. The maximum atomic E-state index is 4.72. The van der Waals surface area contributed by atoms with E-state index in [0.717, 1.165) is 16.6 Å². The fourth-order valence-electron chi connectivity index (χ4n) is 1.97. The summed E-state index contributed by atoms with van der Waals surface area (Å²) in [6.07, 6.45) is 0. The number of rotatable bonds is 2. The number of amidine groups is 1. The molecule has 1 N–H and O–H groups in total. The second-order valence-corrected chi connectivity index (χ2v) is 6.81. The molecule has 0 bridgehead atoms. The predicted molar refractivity (Wildman–Crippen MR) is 84.0 cm³/mol. The number of benzene rings is 1. The molecule has 0 fully saturated rings. The fraction of sp³-hybridized carbons (Fsp3) is 0.357. The van der Waals surface area contributed by atoms with Crippen molar-refractivity contribution in [1.82, 2.24) is 0 Å². The number of thiophene rings is 1. The van der Waals surface area contributed by atoms with Gasteiger partial charge in [0, 0.05) is 16.1 Å². The summed E-state index contributed by atoms with van der Waals surface area (Å²) in [4.78, 5) is 4.72. The molecule has 18 heavy (non-hydrogen) atoms. The molecule has 4 heteroatoms. The van der Waals surface area contributed by atoms with Gasteiger partial charge in [-0.2, -0.15) is 0 Å². The van der Waals surface area contributed by atoms with Crippen LogP contribution in [0.2, 0.25) is 0 Å². The highest BCUT2D eigenvalue weighted by Gasteiger charge is 2.20. The number of anilines is 1. The first kappa shape index (κ1) is 12.1. The molecular weight excluding hydrogens is 260 g/mol. The number of hydrogen-bond acceptors (Lipinski definition) is 4. The van der Waals surface area contributed by atoms with Crippen molar-refractivity contribution in [2.75, 3.05) is 11.1 Å². The van der Waals surface area contributed by atoms with Gasteiger partial charge in [0.1, 0.15) is 0 Å². The third-order valence-electron chi connectivity index (χ3n) is 3.15. The number of aliphatic imine (C=N–C) groups is 1. The Bertz CT molecular complexity index is 586. The molecule has 2 aromatic rings. The smallest absolute Gasteiger partial charge is 0.161 e. The van der Waals surface area contributed by atoms with E-state index in [1.807, 2.05) is 11.8 Å². The largest absolute Gasteiger partial charge is 0.335 e. The monoisotopic (exact) mass is 276 g/mol. The Labute approximate surface area is 116 Å². The van der Waals surface area contributed by atoms with Gasteiger partial charge in [-0.3, -0.25) is 4.99 Å². The van der Waals surface area contributed by atoms with Crippen LogP contribution in [-0.4, -0.2) is 17.0 Å².